The fourth-order valence-electron chi connectivity index (χ4n) is 1.76. The Balaban J connectivity index is 2.07. The number of β-amino-alcohol motifs (C(OH)–C–C–N with tert-alkyl or cyclic N) is 1. The molecule has 1 aliphatic heterocycles. The van der Waals surface area contributed by atoms with E-state index in [1.165, 1.54) is 0 Å². The monoisotopic (exact) mass is 210 g/mol. The van der Waals surface area contributed by atoms with Gasteiger partial charge in [0.1, 0.15) is 0 Å². The van der Waals surface area contributed by atoms with Gasteiger partial charge in [-0.25, -0.2) is 0 Å². The van der Waals surface area contributed by atoms with Crippen LogP contribution in [0, 0.1) is 6.92 Å². The Labute approximate surface area is 87.7 Å². The van der Waals surface area contributed by atoms with Gasteiger partial charge >= 0.3 is 0 Å². The Morgan fingerprint density at radius 3 is 3.13 bits per heavy atom. The summed E-state index contributed by atoms with van der Waals surface area (Å²) in [7, 11) is 0. The lowest BCUT2D eigenvalue weighted by Gasteiger charge is -2.29. The Bertz CT molecular complexity index is 361. The first-order chi connectivity index (χ1) is 7.16. The van der Waals surface area contributed by atoms with Crippen molar-refractivity contribution in [2.75, 3.05) is 13.1 Å². The van der Waals surface area contributed by atoms with Crippen LogP contribution in [0.15, 0.2) is 10.6 Å². The van der Waals surface area contributed by atoms with Crippen molar-refractivity contribution in [1.82, 2.24) is 10.1 Å². The first kappa shape index (κ1) is 10.2. The lowest BCUT2D eigenvalue weighted by atomic mass is 10.1. The topological polar surface area (TPSA) is 66.6 Å². The first-order valence-corrected chi connectivity index (χ1v) is 5.07. The molecule has 5 heteroatoms. The first-order valence-electron chi connectivity index (χ1n) is 5.07. The lowest BCUT2D eigenvalue weighted by molar-refractivity contribution is 0.0441. The van der Waals surface area contributed by atoms with Crippen LogP contribution in [0.25, 0.3) is 0 Å². The van der Waals surface area contributed by atoms with Crippen LogP contribution in [0.4, 0.5) is 0 Å². The summed E-state index contributed by atoms with van der Waals surface area (Å²) >= 11 is 0. The van der Waals surface area contributed by atoms with E-state index in [4.69, 9.17) is 4.52 Å². The maximum absolute atomic E-state index is 11.8. The number of rotatable bonds is 1. The smallest absolute Gasteiger partial charge is 0.292 e. The van der Waals surface area contributed by atoms with Gasteiger partial charge in [-0.3, -0.25) is 4.79 Å². The molecule has 0 aromatic carbocycles. The summed E-state index contributed by atoms with van der Waals surface area (Å²) in [5.41, 5.74) is 0.691. The Morgan fingerprint density at radius 2 is 2.53 bits per heavy atom. The predicted octanol–water partition coefficient (Wildman–Crippen LogP) is 0.580. The van der Waals surface area contributed by atoms with E-state index >= 15 is 0 Å². The van der Waals surface area contributed by atoms with Crippen molar-refractivity contribution in [3.63, 3.8) is 0 Å². The zero-order valence-electron chi connectivity index (χ0n) is 8.64. The van der Waals surface area contributed by atoms with E-state index < -0.39 is 6.10 Å². The second kappa shape index (κ2) is 4.02. The standard InChI is InChI=1S/C10H14N2O3/c1-7-5-9(15-11-7)10(14)12-4-2-3-8(13)6-12/h5,8,13H,2-4,6H2,1H3. The van der Waals surface area contributed by atoms with Gasteiger partial charge in [0.25, 0.3) is 5.91 Å². The van der Waals surface area contributed by atoms with E-state index in [9.17, 15) is 9.90 Å². The molecule has 0 aliphatic carbocycles. The minimum atomic E-state index is -0.410. The number of hydrogen-bond donors (Lipinski definition) is 1. The van der Waals surface area contributed by atoms with Crippen molar-refractivity contribution >= 4 is 5.91 Å². The van der Waals surface area contributed by atoms with E-state index in [1.54, 1.807) is 17.9 Å². The zero-order chi connectivity index (χ0) is 10.8. The molecular formula is C10H14N2O3. The highest BCUT2D eigenvalue weighted by Gasteiger charge is 2.25. The van der Waals surface area contributed by atoms with Gasteiger partial charge in [0.05, 0.1) is 11.8 Å². The third kappa shape index (κ3) is 2.18. The number of amides is 1. The molecule has 2 heterocycles. The van der Waals surface area contributed by atoms with E-state index in [1.807, 2.05) is 0 Å². The van der Waals surface area contributed by atoms with E-state index in [-0.39, 0.29) is 11.7 Å². The molecule has 0 radical (unpaired) electrons. The summed E-state index contributed by atoms with van der Waals surface area (Å²) in [6.07, 6.45) is 1.19. The lowest BCUT2D eigenvalue weighted by Crippen LogP contribution is -2.42. The number of aryl methyl sites for hydroxylation is 1. The molecular weight excluding hydrogens is 196 g/mol. The van der Waals surface area contributed by atoms with Crippen LogP contribution in [0.2, 0.25) is 0 Å². The molecule has 1 unspecified atom stereocenters. The second-order valence-electron chi connectivity index (χ2n) is 3.88. The quantitative estimate of drug-likeness (QED) is 0.736. The van der Waals surface area contributed by atoms with Gasteiger partial charge in [-0.15, -0.1) is 0 Å². The molecule has 1 amide bonds. The molecule has 1 fully saturated rings. The second-order valence-corrected chi connectivity index (χ2v) is 3.88. The number of piperidine rings is 1. The highest BCUT2D eigenvalue weighted by molar-refractivity contribution is 5.91. The number of hydrogen-bond acceptors (Lipinski definition) is 4. The minimum absolute atomic E-state index is 0.186. The SMILES string of the molecule is Cc1cc(C(=O)N2CCCC(O)C2)on1. The van der Waals surface area contributed by atoms with Crippen molar-refractivity contribution in [1.29, 1.82) is 0 Å². The molecule has 15 heavy (non-hydrogen) atoms. The van der Waals surface area contributed by atoms with Gasteiger partial charge in [0.2, 0.25) is 5.76 Å². The van der Waals surface area contributed by atoms with Crippen LogP contribution in [0.1, 0.15) is 29.1 Å². The third-order valence-corrected chi connectivity index (χ3v) is 2.52. The molecule has 1 aliphatic rings. The van der Waals surface area contributed by atoms with Crippen molar-refractivity contribution in [2.45, 2.75) is 25.9 Å². The number of likely N-dealkylation sites (tertiary alicyclic amines) is 1. The number of carbonyl (C=O) groups is 1. The van der Waals surface area contributed by atoms with Gasteiger partial charge in [-0.2, -0.15) is 0 Å². The zero-order valence-corrected chi connectivity index (χ0v) is 8.64. The molecule has 1 aromatic heterocycles. The largest absolute Gasteiger partial charge is 0.391 e. The Kier molecular flexibility index (Phi) is 2.73. The number of nitrogens with zero attached hydrogens (tertiary/aromatic N) is 2. The summed E-state index contributed by atoms with van der Waals surface area (Å²) in [6, 6.07) is 1.61. The van der Waals surface area contributed by atoms with Crippen LogP contribution < -0.4 is 0 Å². The Hall–Kier alpha value is -1.36. The normalized spacial score (nSPS) is 21.7. The molecule has 82 valence electrons. The summed E-state index contributed by atoms with van der Waals surface area (Å²) < 4.78 is 4.89. The fourth-order valence-corrected chi connectivity index (χ4v) is 1.76. The van der Waals surface area contributed by atoms with Crippen LogP contribution in [0.3, 0.4) is 0 Å². The molecule has 1 atom stereocenters. The molecule has 5 nitrogen and oxygen atoms in total. The highest BCUT2D eigenvalue weighted by Crippen LogP contribution is 2.14. The molecule has 0 spiro atoms. The number of aromatic nitrogens is 1. The van der Waals surface area contributed by atoms with Crippen LogP contribution in [-0.2, 0) is 0 Å². The number of carbonyl (C=O) groups excluding carboxylic acids is 1. The van der Waals surface area contributed by atoms with Gasteiger partial charge in [-0.05, 0) is 19.8 Å². The van der Waals surface area contributed by atoms with Crippen molar-refractivity contribution in [3.05, 3.63) is 17.5 Å². The fraction of sp³-hybridized carbons (Fsp3) is 0.600. The van der Waals surface area contributed by atoms with Crippen LogP contribution in [-0.4, -0.2) is 40.3 Å². The molecule has 2 rings (SSSR count). The Morgan fingerprint density at radius 1 is 1.73 bits per heavy atom. The minimum Gasteiger partial charge on any atom is -0.391 e. The average molecular weight is 210 g/mol. The maximum atomic E-state index is 11.8. The van der Waals surface area contributed by atoms with Crippen molar-refractivity contribution in [2.24, 2.45) is 0 Å². The van der Waals surface area contributed by atoms with E-state index in [0.29, 0.717) is 18.8 Å². The molecule has 0 bridgehead atoms. The van der Waals surface area contributed by atoms with E-state index in [2.05, 4.69) is 5.16 Å². The number of aliphatic hydroxyl groups excluding tert-OH is 1. The molecule has 1 N–H and O–H groups in total. The van der Waals surface area contributed by atoms with Gasteiger partial charge in [0, 0.05) is 19.2 Å². The van der Waals surface area contributed by atoms with Crippen LogP contribution >= 0.6 is 0 Å². The summed E-state index contributed by atoms with van der Waals surface area (Å²) in [5.74, 6) is 0.0657. The predicted molar refractivity (Wildman–Crippen MR) is 52.4 cm³/mol. The van der Waals surface area contributed by atoms with Gasteiger partial charge in [0.15, 0.2) is 0 Å². The van der Waals surface area contributed by atoms with Crippen LogP contribution in [0.5, 0.6) is 0 Å². The average Bonchev–Trinajstić information content (AvgIpc) is 2.64. The molecule has 1 saturated heterocycles. The third-order valence-electron chi connectivity index (χ3n) is 2.52. The summed E-state index contributed by atoms with van der Waals surface area (Å²) in [6.45, 7) is 2.83. The number of aliphatic hydroxyl groups is 1. The highest BCUT2D eigenvalue weighted by atomic mass is 16.5. The van der Waals surface area contributed by atoms with E-state index in [0.717, 1.165) is 12.8 Å². The van der Waals surface area contributed by atoms with Crippen molar-refractivity contribution in [3.8, 4) is 0 Å². The van der Waals surface area contributed by atoms with Crippen molar-refractivity contribution < 1.29 is 14.4 Å². The summed E-state index contributed by atoms with van der Waals surface area (Å²) in [5, 5.41) is 13.1. The summed E-state index contributed by atoms with van der Waals surface area (Å²) in [4.78, 5) is 13.4. The molecule has 1 aromatic rings. The van der Waals surface area contributed by atoms with Gasteiger partial charge < -0.3 is 14.5 Å². The maximum Gasteiger partial charge on any atom is 0.292 e. The molecule has 0 saturated carbocycles. The van der Waals surface area contributed by atoms with Gasteiger partial charge in [-0.1, -0.05) is 5.16 Å².